The molecule has 2 aromatic carbocycles. The maximum atomic E-state index is 12.0. The Morgan fingerprint density at radius 2 is 1.77 bits per heavy atom. The van der Waals surface area contributed by atoms with E-state index >= 15 is 0 Å². The topological polar surface area (TPSA) is 65.2 Å². The van der Waals surface area contributed by atoms with E-state index in [0.29, 0.717) is 11.5 Å². The molecule has 6 heteroatoms. The first-order valence-corrected chi connectivity index (χ1v) is 7.61. The number of hydrogen-bond donors (Lipinski definition) is 0. The van der Waals surface area contributed by atoms with Gasteiger partial charge in [-0.05, 0) is 46.9 Å². The molecule has 0 fully saturated rings. The maximum Gasteiger partial charge on any atom is 0.339 e. The largest absolute Gasteiger partial charge is 0.452 e. The van der Waals surface area contributed by atoms with Crippen LogP contribution < -0.4 is 0 Å². The lowest BCUT2D eigenvalue weighted by Gasteiger charge is -2.03. The number of hydrogen-bond acceptors (Lipinski definition) is 5. The molecule has 0 saturated heterocycles. The Bertz CT molecular complexity index is 787. The van der Waals surface area contributed by atoms with Gasteiger partial charge in [0.25, 0.3) is 5.89 Å². The summed E-state index contributed by atoms with van der Waals surface area (Å²) in [6.45, 7) is -0.0519. The Balaban J connectivity index is 1.67. The first kappa shape index (κ1) is 14.7. The van der Waals surface area contributed by atoms with Crippen molar-refractivity contribution < 1.29 is 13.9 Å². The molecular formula is C16H11IN2O3. The molecule has 0 saturated carbocycles. The van der Waals surface area contributed by atoms with Crippen molar-refractivity contribution in [3.05, 3.63) is 69.6 Å². The van der Waals surface area contributed by atoms with Gasteiger partial charge in [-0.2, -0.15) is 0 Å². The molecule has 1 heterocycles. The van der Waals surface area contributed by atoms with E-state index in [1.807, 2.05) is 42.5 Å². The van der Waals surface area contributed by atoms with Crippen molar-refractivity contribution in [1.29, 1.82) is 0 Å². The van der Waals surface area contributed by atoms with Crippen LogP contribution in [0.3, 0.4) is 0 Å². The van der Waals surface area contributed by atoms with E-state index in [9.17, 15) is 4.79 Å². The molecule has 3 aromatic rings. The quantitative estimate of drug-likeness (QED) is 0.489. The lowest BCUT2D eigenvalue weighted by molar-refractivity contribution is 0.0437. The molecule has 0 spiro atoms. The molecule has 110 valence electrons. The number of halogens is 1. The Hall–Kier alpha value is -2.22. The van der Waals surface area contributed by atoms with Crippen LogP contribution in [0.1, 0.15) is 16.2 Å². The predicted octanol–water partition coefficient (Wildman–Crippen LogP) is 3.70. The molecular weight excluding hydrogens is 395 g/mol. The number of rotatable bonds is 4. The Labute approximate surface area is 140 Å². The number of benzene rings is 2. The summed E-state index contributed by atoms with van der Waals surface area (Å²) in [5, 5.41) is 7.83. The molecule has 1 aromatic heterocycles. The lowest BCUT2D eigenvalue weighted by atomic mass is 10.2. The number of carbonyl (C=O) groups excluding carboxylic acids is 1. The van der Waals surface area contributed by atoms with E-state index in [0.717, 1.165) is 9.13 Å². The summed E-state index contributed by atoms with van der Waals surface area (Å²) in [6.07, 6.45) is 0. The molecule has 22 heavy (non-hydrogen) atoms. The summed E-state index contributed by atoms with van der Waals surface area (Å²) in [5.74, 6) is 0.253. The zero-order valence-electron chi connectivity index (χ0n) is 11.4. The molecule has 0 unspecified atom stereocenters. The first-order valence-electron chi connectivity index (χ1n) is 6.53. The highest BCUT2D eigenvalue weighted by Gasteiger charge is 2.13. The fourth-order valence-electron chi connectivity index (χ4n) is 1.84. The second kappa shape index (κ2) is 6.69. The molecule has 0 aliphatic heterocycles. The van der Waals surface area contributed by atoms with Crippen molar-refractivity contribution in [1.82, 2.24) is 10.2 Å². The second-order valence-corrected chi connectivity index (χ2v) is 5.59. The lowest BCUT2D eigenvalue weighted by Crippen LogP contribution is -2.07. The Morgan fingerprint density at radius 3 is 2.55 bits per heavy atom. The second-order valence-electron chi connectivity index (χ2n) is 4.42. The fraction of sp³-hybridized carbons (Fsp3) is 0.0625. The van der Waals surface area contributed by atoms with E-state index < -0.39 is 5.97 Å². The molecule has 0 aliphatic rings. The van der Waals surface area contributed by atoms with Crippen LogP contribution in [0.25, 0.3) is 11.5 Å². The number of aromatic nitrogens is 2. The molecule has 0 aliphatic carbocycles. The molecule has 0 bridgehead atoms. The Kier molecular flexibility index (Phi) is 4.47. The molecule has 0 amide bonds. The van der Waals surface area contributed by atoms with E-state index in [1.165, 1.54) is 0 Å². The van der Waals surface area contributed by atoms with Gasteiger partial charge in [-0.1, -0.05) is 30.3 Å². The van der Waals surface area contributed by atoms with E-state index in [2.05, 4.69) is 32.8 Å². The van der Waals surface area contributed by atoms with Crippen LogP contribution in [-0.4, -0.2) is 16.2 Å². The average molecular weight is 406 g/mol. The first-order chi connectivity index (χ1) is 10.7. The molecule has 3 rings (SSSR count). The van der Waals surface area contributed by atoms with Crippen LogP contribution in [0.2, 0.25) is 0 Å². The minimum atomic E-state index is -0.413. The molecule has 0 atom stereocenters. The normalized spacial score (nSPS) is 10.4. The van der Waals surface area contributed by atoms with Gasteiger partial charge >= 0.3 is 5.97 Å². The summed E-state index contributed by atoms with van der Waals surface area (Å²) in [5.41, 5.74) is 1.34. The van der Waals surface area contributed by atoms with Gasteiger partial charge in [0.1, 0.15) is 0 Å². The minimum absolute atomic E-state index is 0.0519. The molecule has 0 radical (unpaired) electrons. The zero-order valence-corrected chi connectivity index (χ0v) is 13.6. The van der Waals surface area contributed by atoms with Gasteiger partial charge in [-0.3, -0.25) is 0 Å². The van der Waals surface area contributed by atoms with E-state index in [-0.39, 0.29) is 12.5 Å². The number of ether oxygens (including phenoxy) is 1. The highest BCUT2D eigenvalue weighted by molar-refractivity contribution is 14.1. The minimum Gasteiger partial charge on any atom is -0.452 e. The van der Waals surface area contributed by atoms with Gasteiger partial charge in [-0.25, -0.2) is 4.79 Å². The van der Waals surface area contributed by atoms with Gasteiger partial charge in [-0.15, -0.1) is 10.2 Å². The standard InChI is InChI=1S/C16H11IN2O3/c17-13-9-5-4-8-12(13)16(20)21-10-14-18-19-15(22-14)11-6-2-1-3-7-11/h1-9H,10H2. The van der Waals surface area contributed by atoms with Crippen LogP contribution in [0.15, 0.2) is 59.0 Å². The Morgan fingerprint density at radius 1 is 1.05 bits per heavy atom. The van der Waals surface area contributed by atoms with Crippen LogP contribution in [-0.2, 0) is 11.3 Å². The monoisotopic (exact) mass is 406 g/mol. The van der Waals surface area contributed by atoms with Crippen LogP contribution in [0.4, 0.5) is 0 Å². The van der Waals surface area contributed by atoms with Crippen LogP contribution in [0, 0.1) is 3.57 Å². The van der Waals surface area contributed by atoms with Crippen molar-refractivity contribution in [3.63, 3.8) is 0 Å². The summed E-state index contributed by atoms with van der Waals surface area (Å²) in [4.78, 5) is 12.0. The van der Waals surface area contributed by atoms with E-state index in [4.69, 9.17) is 9.15 Å². The zero-order chi connectivity index (χ0) is 15.4. The third-order valence-electron chi connectivity index (χ3n) is 2.91. The smallest absolute Gasteiger partial charge is 0.339 e. The summed E-state index contributed by atoms with van der Waals surface area (Å²) >= 11 is 2.09. The number of esters is 1. The average Bonchev–Trinajstić information content (AvgIpc) is 3.03. The van der Waals surface area contributed by atoms with Gasteiger partial charge in [0.05, 0.1) is 5.56 Å². The third kappa shape index (κ3) is 3.33. The van der Waals surface area contributed by atoms with Crippen molar-refractivity contribution >= 4 is 28.6 Å². The van der Waals surface area contributed by atoms with Crippen molar-refractivity contribution in [2.45, 2.75) is 6.61 Å². The van der Waals surface area contributed by atoms with Crippen LogP contribution >= 0.6 is 22.6 Å². The summed E-state index contributed by atoms with van der Waals surface area (Å²) < 4.78 is 11.5. The van der Waals surface area contributed by atoms with Gasteiger partial charge in [0.15, 0.2) is 6.61 Å². The van der Waals surface area contributed by atoms with Gasteiger partial charge in [0, 0.05) is 9.13 Å². The van der Waals surface area contributed by atoms with E-state index in [1.54, 1.807) is 12.1 Å². The molecule has 5 nitrogen and oxygen atoms in total. The van der Waals surface area contributed by atoms with Crippen molar-refractivity contribution in [2.75, 3.05) is 0 Å². The van der Waals surface area contributed by atoms with Crippen molar-refractivity contribution in [3.8, 4) is 11.5 Å². The number of nitrogens with zero attached hydrogens (tertiary/aromatic N) is 2. The SMILES string of the molecule is O=C(OCc1nnc(-c2ccccc2)o1)c1ccccc1I. The molecule has 0 N–H and O–H groups in total. The maximum absolute atomic E-state index is 12.0. The third-order valence-corrected chi connectivity index (χ3v) is 3.85. The fourth-order valence-corrected chi connectivity index (χ4v) is 2.45. The van der Waals surface area contributed by atoms with Gasteiger partial charge in [0.2, 0.25) is 5.89 Å². The van der Waals surface area contributed by atoms with Crippen LogP contribution in [0.5, 0.6) is 0 Å². The highest BCUT2D eigenvalue weighted by Crippen LogP contribution is 2.18. The van der Waals surface area contributed by atoms with Gasteiger partial charge < -0.3 is 9.15 Å². The summed E-state index contributed by atoms with van der Waals surface area (Å²) in [6, 6.07) is 16.6. The summed E-state index contributed by atoms with van der Waals surface area (Å²) in [7, 11) is 0. The number of carbonyl (C=O) groups is 1. The highest BCUT2D eigenvalue weighted by atomic mass is 127. The predicted molar refractivity (Wildman–Crippen MR) is 88.0 cm³/mol. The van der Waals surface area contributed by atoms with Crippen molar-refractivity contribution in [2.24, 2.45) is 0 Å².